The van der Waals surface area contributed by atoms with Crippen molar-refractivity contribution in [1.82, 2.24) is 0 Å². The van der Waals surface area contributed by atoms with Crippen LogP contribution in [-0.2, 0) is 31.4 Å². The van der Waals surface area contributed by atoms with Gasteiger partial charge in [-0.2, -0.15) is 0 Å². The molecule has 0 aromatic heterocycles. The molecule has 0 bridgehead atoms. The monoisotopic (exact) mass is 748 g/mol. The molecule has 2 heterocycles. The molecule has 4 N–H and O–H groups in total. The Hall–Kier alpha value is -6.18. The van der Waals surface area contributed by atoms with E-state index >= 15 is 0 Å². The first-order chi connectivity index (χ1) is 26.0. The quantitative estimate of drug-likeness (QED) is 0.179. The molecule has 1 atom stereocenters. The number of sulfonamides is 2. The Kier molecular flexibility index (Phi) is 8.62. The summed E-state index contributed by atoms with van der Waals surface area (Å²) in [6.45, 7) is 0. The molecule has 0 saturated heterocycles. The van der Waals surface area contributed by atoms with E-state index in [-0.39, 0.29) is 9.79 Å². The van der Waals surface area contributed by atoms with Gasteiger partial charge in [0.2, 0.25) is 31.4 Å². The average Bonchev–Trinajstić information content (AvgIpc) is 3.84. The van der Waals surface area contributed by atoms with Gasteiger partial charge in [0.25, 0.3) is 0 Å². The minimum absolute atomic E-state index is 0.0817. The molecule has 54 heavy (non-hydrogen) atoms. The molecule has 0 radical (unpaired) electrons. The summed E-state index contributed by atoms with van der Waals surface area (Å²) in [5.41, 5.74) is 2.42. The first kappa shape index (κ1) is 34.9. The van der Waals surface area contributed by atoms with Crippen molar-refractivity contribution in [2.75, 3.05) is 0 Å². The zero-order chi connectivity index (χ0) is 37.6. The van der Waals surface area contributed by atoms with Crippen LogP contribution in [0.2, 0.25) is 0 Å². The number of primary sulfonamides is 2. The lowest BCUT2D eigenvalue weighted by Gasteiger charge is -2.38. The molecule has 10 nitrogen and oxygen atoms in total. The number of hydrogen-bond donors (Lipinski definition) is 2. The highest BCUT2D eigenvalue weighted by molar-refractivity contribution is 7.89. The van der Waals surface area contributed by atoms with Gasteiger partial charge in [0.05, 0.1) is 33.1 Å². The lowest BCUT2D eigenvalue weighted by molar-refractivity contribution is 0.257. The van der Waals surface area contributed by atoms with Gasteiger partial charge in [0.15, 0.2) is 0 Å². The van der Waals surface area contributed by atoms with Crippen LogP contribution in [0.5, 0.6) is 0 Å². The minimum Gasteiger partial charge on any atom is -0.251 e. The fourth-order valence-corrected chi connectivity index (χ4v) is 8.15. The smallest absolute Gasteiger partial charge is 0.238 e. The van der Waals surface area contributed by atoms with E-state index in [0.717, 1.165) is 16.7 Å². The van der Waals surface area contributed by atoms with Gasteiger partial charge < -0.3 is 0 Å². The number of benzene rings is 6. The second-order valence-electron chi connectivity index (χ2n) is 12.8. The van der Waals surface area contributed by atoms with E-state index in [1.54, 1.807) is 42.6 Å². The lowest BCUT2D eigenvalue weighted by Crippen LogP contribution is -2.43. The van der Waals surface area contributed by atoms with Crippen molar-refractivity contribution in [3.63, 3.8) is 0 Å². The summed E-state index contributed by atoms with van der Waals surface area (Å²) in [6.07, 6.45) is 1.67. The molecule has 6 aromatic rings. The topological polar surface area (TPSA) is 170 Å². The molecule has 0 aliphatic carbocycles. The standard InChI is InChI=1S/C42H32N6O4S2/c43-53(49,50)35-24-21-33(22-25-35)42(47-39(31-17-9-3-10-18-31)40(48-42)32-19-11-4-12-20-32)41(45-28-37(46-41)30-15-7-2-8-16-30)34-23-26-38(54(44,51)52)36(27-34)29-13-5-1-6-14-29/h1-28H,(H2,43,49,50)(H2,44,51,52). The first-order valence-corrected chi connectivity index (χ1v) is 20.0. The van der Waals surface area contributed by atoms with Crippen LogP contribution in [0.4, 0.5) is 0 Å². The molecule has 0 amide bonds. The van der Waals surface area contributed by atoms with Crippen molar-refractivity contribution in [1.29, 1.82) is 0 Å². The number of nitrogens with zero attached hydrogens (tertiary/aromatic N) is 4. The van der Waals surface area contributed by atoms with Gasteiger partial charge in [0.1, 0.15) is 0 Å². The van der Waals surface area contributed by atoms with Crippen molar-refractivity contribution in [3.8, 4) is 11.1 Å². The third-order valence-electron chi connectivity index (χ3n) is 9.44. The lowest BCUT2D eigenvalue weighted by atomic mass is 9.81. The largest absolute Gasteiger partial charge is 0.251 e. The van der Waals surface area contributed by atoms with Crippen molar-refractivity contribution >= 4 is 43.4 Å². The van der Waals surface area contributed by atoms with E-state index in [4.69, 9.17) is 30.2 Å². The van der Waals surface area contributed by atoms with Crippen LogP contribution in [0, 0.1) is 0 Å². The van der Waals surface area contributed by atoms with Crippen LogP contribution < -0.4 is 10.3 Å². The highest BCUT2D eigenvalue weighted by atomic mass is 32.2. The van der Waals surface area contributed by atoms with Gasteiger partial charge in [-0.05, 0) is 29.8 Å². The number of nitrogens with two attached hydrogens (primary N) is 2. The van der Waals surface area contributed by atoms with Crippen LogP contribution in [0.15, 0.2) is 194 Å². The molecule has 266 valence electrons. The van der Waals surface area contributed by atoms with Crippen LogP contribution >= 0.6 is 0 Å². The summed E-state index contributed by atoms with van der Waals surface area (Å²) in [6, 6.07) is 48.7. The number of rotatable bonds is 9. The third kappa shape index (κ3) is 6.10. The summed E-state index contributed by atoms with van der Waals surface area (Å²) >= 11 is 0. The van der Waals surface area contributed by atoms with Crippen molar-refractivity contribution < 1.29 is 16.8 Å². The third-order valence-corrected chi connectivity index (χ3v) is 11.3. The summed E-state index contributed by atoms with van der Waals surface area (Å²) in [5, 5.41) is 11.3. The SMILES string of the molecule is NS(=O)(=O)c1ccc(C2(C3(c4ccc(S(N)(=O)=O)c(-c5ccccc5)c4)N=CC(c4ccccc4)=N3)N=C(c3ccccc3)C(c3ccccc3)=N2)cc1. The molecule has 1 unspecified atom stereocenters. The molecule has 8 rings (SSSR count). The van der Waals surface area contributed by atoms with Gasteiger partial charge in [-0.1, -0.05) is 140 Å². The van der Waals surface area contributed by atoms with Gasteiger partial charge in [-0.3, -0.25) is 4.99 Å². The number of hydrogen-bond acceptors (Lipinski definition) is 8. The molecule has 6 aromatic carbocycles. The molecular weight excluding hydrogens is 717 g/mol. The van der Waals surface area contributed by atoms with E-state index in [1.807, 2.05) is 109 Å². The van der Waals surface area contributed by atoms with Gasteiger partial charge in [-0.15, -0.1) is 0 Å². The zero-order valence-electron chi connectivity index (χ0n) is 28.6. The Bertz CT molecular complexity index is 2680. The molecule has 0 fully saturated rings. The molecule has 2 aliphatic heterocycles. The highest BCUT2D eigenvalue weighted by Crippen LogP contribution is 2.54. The summed E-state index contributed by atoms with van der Waals surface area (Å²) in [5.74, 6) is 0. The van der Waals surface area contributed by atoms with Gasteiger partial charge in [-0.25, -0.2) is 42.1 Å². The molecule has 12 heteroatoms. The van der Waals surface area contributed by atoms with Crippen LogP contribution in [0.25, 0.3) is 11.1 Å². The summed E-state index contributed by atoms with van der Waals surface area (Å²) < 4.78 is 51.0. The maximum absolute atomic E-state index is 13.0. The Morgan fingerprint density at radius 3 is 1.39 bits per heavy atom. The number of aliphatic imine (C=N–C) groups is 4. The summed E-state index contributed by atoms with van der Waals surface area (Å²) in [4.78, 5) is 21.5. The fourth-order valence-electron chi connectivity index (χ4n) is 6.89. The maximum atomic E-state index is 13.0. The normalized spacial score (nSPS) is 17.9. The van der Waals surface area contributed by atoms with Crippen molar-refractivity contribution in [2.24, 2.45) is 30.2 Å². The van der Waals surface area contributed by atoms with Crippen molar-refractivity contribution in [3.05, 3.63) is 192 Å². The van der Waals surface area contributed by atoms with E-state index < -0.39 is 31.4 Å². The Morgan fingerprint density at radius 1 is 0.444 bits per heavy atom. The Morgan fingerprint density at radius 2 is 0.907 bits per heavy atom. The Labute approximate surface area is 313 Å². The predicted octanol–water partition coefficient (Wildman–Crippen LogP) is 6.22. The molecule has 2 aliphatic rings. The highest BCUT2D eigenvalue weighted by Gasteiger charge is 2.59. The first-order valence-electron chi connectivity index (χ1n) is 16.9. The van der Waals surface area contributed by atoms with E-state index in [9.17, 15) is 16.8 Å². The molecule has 0 saturated carbocycles. The Balaban J connectivity index is 1.51. The average molecular weight is 749 g/mol. The van der Waals surface area contributed by atoms with Crippen molar-refractivity contribution in [2.45, 2.75) is 21.1 Å². The molecular formula is C42H32N6O4S2. The minimum atomic E-state index is -4.19. The fraction of sp³-hybridized carbons (Fsp3) is 0.0476. The van der Waals surface area contributed by atoms with Gasteiger partial charge in [0, 0.05) is 33.4 Å². The van der Waals surface area contributed by atoms with Crippen LogP contribution in [0.1, 0.15) is 27.8 Å². The second kappa shape index (κ2) is 13.3. The van der Waals surface area contributed by atoms with Crippen LogP contribution in [-0.4, -0.2) is 40.2 Å². The summed E-state index contributed by atoms with van der Waals surface area (Å²) in [7, 11) is -8.24. The van der Waals surface area contributed by atoms with Crippen LogP contribution in [0.3, 0.4) is 0 Å². The van der Waals surface area contributed by atoms with E-state index in [2.05, 4.69) is 0 Å². The zero-order valence-corrected chi connectivity index (χ0v) is 30.2. The van der Waals surface area contributed by atoms with E-state index in [1.165, 1.54) is 18.2 Å². The molecule has 0 spiro atoms. The van der Waals surface area contributed by atoms with E-state index in [0.29, 0.717) is 39.4 Å². The maximum Gasteiger partial charge on any atom is 0.238 e. The van der Waals surface area contributed by atoms with Gasteiger partial charge >= 0.3 is 0 Å². The second-order valence-corrected chi connectivity index (χ2v) is 15.9. The predicted molar refractivity (Wildman–Crippen MR) is 212 cm³/mol.